The van der Waals surface area contributed by atoms with Gasteiger partial charge in [0.2, 0.25) is 0 Å². The van der Waals surface area contributed by atoms with Crippen LogP contribution in [0.1, 0.15) is 31.2 Å². The van der Waals surface area contributed by atoms with Gasteiger partial charge in [-0.25, -0.2) is 0 Å². The number of hydrogen-bond donors (Lipinski definition) is 0. The molecule has 0 aromatic heterocycles. The lowest BCUT2D eigenvalue weighted by atomic mass is 9.88. The second kappa shape index (κ2) is 3.82. The molecule has 0 aliphatic carbocycles. The fourth-order valence-corrected chi connectivity index (χ4v) is 1.92. The van der Waals surface area contributed by atoms with E-state index in [1.165, 1.54) is 0 Å². The maximum Gasteiger partial charge on any atom is 0.140 e. The Bertz CT molecular complexity index is 344. The first-order valence-corrected chi connectivity index (χ1v) is 5.07. The lowest BCUT2D eigenvalue weighted by molar-refractivity contribution is -0.120. The lowest BCUT2D eigenvalue weighted by Crippen LogP contribution is -2.20. The summed E-state index contributed by atoms with van der Waals surface area (Å²) in [5, 5.41) is 0. The predicted molar refractivity (Wildman–Crippen MR) is 54.6 cm³/mol. The Labute approximate surface area is 83.9 Å². The summed E-state index contributed by atoms with van der Waals surface area (Å²) < 4.78 is 5.50. The molecule has 0 spiro atoms. The summed E-state index contributed by atoms with van der Waals surface area (Å²) in [6, 6.07) is 7.83. The van der Waals surface area contributed by atoms with Crippen molar-refractivity contribution in [3.05, 3.63) is 29.8 Å². The van der Waals surface area contributed by atoms with Crippen LogP contribution in [0.4, 0.5) is 0 Å². The number of carbonyl (C=O) groups is 1. The van der Waals surface area contributed by atoms with Crippen LogP contribution in [0, 0.1) is 0 Å². The minimum absolute atomic E-state index is 0.0601. The van der Waals surface area contributed by atoms with Gasteiger partial charge in [-0.2, -0.15) is 0 Å². The van der Waals surface area contributed by atoms with Crippen molar-refractivity contribution in [3.63, 3.8) is 0 Å². The molecule has 0 saturated heterocycles. The van der Waals surface area contributed by atoms with Crippen molar-refractivity contribution in [2.45, 2.75) is 25.7 Å². The van der Waals surface area contributed by atoms with Crippen LogP contribution in [0.2, 0.25) is 0 Å². The maximum atomic E-state index is 11.7. The minimum Gasteiger partial charge on any atom is -0.493 e. The largest absolute Gasteiger partial charge is 0.493 e. The average molecular weight is 190 g/mol. The van der Waals surface area contributed by atoms with Crippen LogP contribution in [0.15, 0.2) is 24.3 Å². The molecule has 2 rings (SSSR count). The Morgan fingerprint density at radius 2 is 2.29 bits per heavy atom. The van der Waals surface area contributed by atoms with Crippen molar-refractivity contribution < 1.29 is 9.53 Å². The fraction of sp³-hybridized carbons (Fsp3) is 0.417. The summed E-state index contributed by atoms with van der Waals surface area (Å²) in [7, 11) is 0. The molecule has 14 heavy (non-hydrogen) atoms. The van der Waals surface area contributed by atoms with Crippen LogP contribution < -0.4 is 4.74 Å². The summed E-state index contributed by atoms with van der Waals surface area (Å²) >= 11 is 0. The topological polar surface area (TPSA) is 26.3 Å². The van der Waals surface area contributed by atoms with Gasteiger partial charge in [0, 0.05) is 17.9 Å². The van der Waals surface area contributed by atoms with E-state index in [1.807, 2.05) is 31.2 Å². The first-order valence-electron chi connectivity index (χ1n) is 5.07. The summed E-state index contributed by atoms with van der Waals surface area (Å²) in [6.07, 6.45) is 1.43. The summed E-state index contributed by atoms with van der Waals surface area (Å²) in [4.78, 5) is 11.7. The van der Waals surface area contributed by atoms with E-state index in [-0.39, 0.29) is 5.92 Å². The van der Waals surface area contributed by atoms with Gasteiger partial charge in [0.15, 0.2) is 0 Å². The number of Topliss-reactive ketones (excluding diaryl/α,β-unsaturated/α-hetero) is 1. The van der Waals surface area contributed by atoms with Crippen molar-refractivity contribution in [3.8, 4) is 5.75 Å². The van der Waals surface area contributed by atoms with E-state index < -0.39 is 0 Å². The zero-order valence-electron chi connectivity index (χ0n) is 8.32. The van der Waals surface area contributed by atoms with Gasteiger partial charge in [-0.1, -0.05) is 25.1 Å². The molecule has 1 aliphatic rings. The first-order chi connectivity index (χ1) is 6.83. The smallest absolute Gasteiger partial charge is 0.140 e. The highest BCUT2D eigenvalue weighted by molar-refractivity contribution is 5.86. The second-order valence-electron chi connectivity index (χ2n) is 3.55. The number of para-hydroxylation sites is 1. The van der Waals surface area contributed by atoms with Crippen LogP contribution in [-0.4, -0.2) is 12.4 Å². The van der Waals surface area contributed by atoms with Gasteiger partial charge in [-0.05, 0) is 12.5 Å². The van der Waals surface area contributed by atoms with Crippen molar-refractivity contribution in [2.75, 3.05) is 6.61 Å². The normalized spacial score (nSPS) is 19.6. The van der Waals surface area contributed by atoms with Crippen molar-refractivity contribution in [2.24, 2.45) is 0 Å². The monoisotopic (exact) mass is 190 g/mol. The molecule has 2 heteroatoms. The third-order valence-corrected chi connectivity index (χ3v) is 2.70. The number of ketones is 1. The predicted octanol–water partition coefficient (Wildman–Crippen LogP) is 2.53. The van der Waals surface area contributed by atoms with Gasteiger partial charge < -0.3 is 4.74 Å². The van der Waals surface area contributed by atoms with E-state index in [9.17, 15) is 4.79 Å². The molecule has 0 amide bonds. The highest BCUT2D eigenvalue weighted by atomic mass is 16.5. The Kier molecular flexibility index (Phi) is 2.53. The van der Waals surface area contributed by atoms with Crippen LogP contribution in [0.5, 0.6) is 5.75 Å². The first kappa shape index (κ1) is 9.25. The second-order valence-corrected chi connectivity index (χ2v) is 3.55. The Balaban J connectivity index is 2.35. The van der Waals surface area contributed by atoms with Crippen LogP contribution in [-0.2, 0) is 4.79 Å². The number of benzene rings is 1. The van der Waals surface area contributed by atoms with E-state index in [2.05, 4.69) is 0 Å². The highest BCUT2D eigenvalue weighted by Crippen LogP contribution is 2.34. The SMILES string of the molecule is CCC(=O)C1CCOc2ccccc21. The molecule has 0 radical (unpaired) electrons. The molecule has 0 bridgehead atoms. The van der Waals surface area contributed by atoms with Gasteiger partial charge >= 0.3 is 0 Å². The van der Waals surface area contributed by atoms with Crippen molar-refractivity contribution >= 4 is 5.78 Å². The highest BCUT2D eigenvalue weighted by Gasteiger charge is 2.25. The molecule has 0 N–H and O–H groups in total. The lowest BCUT2D eigenvalue weighted by Gasteiger charge is -2.24. The minimum atomic E-state index is 0.0601. The van der Waals surface area contributed by atoms with Gasteiger partial charge in [-0.15, -0.1) is 0 Å². The van der Waals surface area contributed by atoms with Gasteiger partial charge in [0.05, 0.1) is 6.61 Å². The van der Waals surface area contributed by atoms with Crippen LogP contribution >= 0.6 is 0 Å². The molecule has 1 heterocycles. The third kappa shape index (κ3) is 1.52. The molecular weight excluding hydrogens is 176 g/mol. The molecule has 0 fully saturated rings. The van der Waals surface area contributed by atoms with Gasteiger partial charge in [0.25, 0.3) is 0 Å². The van der Waals surface area contributed by atoms with Gasteiger partial charge in [-0.3, -0.25) is 4.79 Å². The number of ether oxygens (including phenoxy) is 1. The molecule has 1 aliphatic heterocycles. The molecule has 1 aromatic carbocycles. The third-order valence-electron chi connectivity index (χ3n) is 2.70. The number of hydrogen-bond acceptors (Lipinski definition) is 2. The molecule has 74 valence electrons. The molecule has 2 nitrogen and oxygen atoms in total. The molecule has 1 unspecified atom stereocenters. The standard InChI is InChI=1S/C12H14O2/c1-2-11(13)9-7-8-14-12-6-4-3-5-10(9)12/h3-6,9H,2,7-8H2,1H3. The van der Waals surface area contributed by atoms with Gasteiger partial charge in [0.1, 0.15) is 11.5 Å². The molecule has 1 atom stereocenters. The van der Waals surface area contributed by atoms with E-state index in [0.29, 0.717) is 18.8 Å². The number of rotatable bonds is 2. The summed E-state index contributed by atoms with van der Waals surface area (Å²) in [6.45, 7) is 2.58. The van der Waals surface area contributed by atoms with Crippen LogP contribution in [0.25, 0.3) is 0 Å². The Morgan fingerprint density at radius 3 is 3.07 bits per heavy atom. The van der Waals surface area contributed by atoms with Crippen LogP contribution in [0.3, 0.4) is 0 Å². The number of carbonyl (C=O) groups excluding carboxylic acids is 1. The molecular formula is C12H14O2. The van der Waals surface area contributed by atoms with E-state index >= 15 is 0 Å². The summed E-state index contributed by atoms with van der Waals surface area (Å²) in [5.74, 6) is 1.26. The van der Waals surface area contributed by atoms with Crippen molar-refractivity contribution in [1.29, 1.82) is 0 Å². The Hall–Kier alpha value is -1.31. The molecule has 0 saturated carbocycles. The summed E-state index contributed by atoms with van der Waals surface area (Å²) in [5.41, 5.74) is 1.06. The number of fused-ring (bicyclic) bond motifs is 1. The van der Waals surface area contributed by atoms with E-state index in [1.54, 1.807) is 0 Å². The van der Waals surface area contributed by atoms with E-state index in [4.69, 9.17) is 4.74 Å². The average Bonchev–Trinajstić information content (AvgIpc) is 2.27. The van der Waals surface area contributed by atoms with E-state index in [0.717, 1.165) is 17.7 Å². The Morgan fingerprint density at radius 1 is 1.50 bits per heavy atom. The molecule has 1 aromatic rings. The quantitative estimate of drug-likeness (QED) is 0.716. The zero-order chi connectivity index (χ0) is 9.97. The maximum absolute atomic E-state index is 11.7. The zero-order valence-corrected chi connectivity index (χ0v) is 8.32. The van der Waals surface area contributed by atoms with Crippen molar-refractivity contribution in [1.82, 2.24) is 0 Å². The fourth-order valence-electron chi connectivity index (χ4n) is 1.92.